The molecule has 0 radical (unpaired) electrons. The van der Waals surface area contributed by atoms with Crippen molar-refractivity contribution >= 4 is 5.91 Å². The zero-order chi connectivity index (χ0) is 17.5. The number of ether oxygens (including phenoxy) is 2. The maximum Gasteiger partial charge on any atom is 0.264 e. The molecule has 6 heteroatoms. The van der Waals surface area contributed by atoms with E-state index in [4.69, 9.17) is 9.47 Å². The molecule has 0 spiro atoms. The fraction of sp³-hybridized carbons (Fsp3) is 0.500. The van der Waals surface area contributed by atoms with Gasteiger partial charge in [-0.1, -0.05) is 18.2 Å². The molecule has 1 aliphatic carbocycles. The quantitative estimate of drug-likeness (QED) is 0.844. The Morgan fingerprint density at radius 1 is 1.23 bits per heavy atom. The van der Waals surface area contributed by atoms with Crippen molar-refractivity contribution in [3.63, 3.8) is 0 Å². The van der Waals surface area contributed by atoms with Crippen LogP contribution in [0, 0.1) is 5.92 Å². The lowest BCUT2D eigenvalue weighted by atomic mass is 10.1. The summed E-state index contributed by atoms with van der Waals surface area (Å²) < 4.78 is 14.0. The van der Waals surface area contributed by atoms with Crippen LogP contribution in [-0.4, -0.2) is 45.9 Å². The van der Waals surface area contributed by atoms with Crippen LogP contribution in [0.1, 0.15) is 24.1 Å². The van der Waals surface area contributed by atoms with E-state index in [0.29, 0.717) is 32.0 Å². The molecular weight excluding hydrogens is 330 g/mol. The van der Waals surface area contributed by atoms with Gasteiger partial charge in [0.05, 0.1) is 24.9 Å². The zero-order valence-electron chi connectivity index (χ0n) is 14.7. The Balaban J connectivity index is 1.32. The number of carbonyl (C=O) groups excluding carboxylic acids is 1. The number of benzene rings is 1. The lowest BCUT2D eigenvalue weighted by Crippen LogP contribution is -2.44. The summed E-state index contributed by atoms with van der Waals surface area (Å²) in [6.07, 6.45) is 4.49. The summed E-state index contributed by atoms with van der Waals surface area (Å²) in [6.45, 7) is 2.63. The summed E-state index contributed by atoms with van der Waals surface area (Å²) in [4.78, 5) is 15.0. The first-order valence-electron chi connectivity index (χ1n) is 9.42. The van der Waals surface area contributed by atoms with E-state index in [-0.39, 0.29) is 12.0 Å². The van der Waals surface area contributed by atoms with Crippen molar-refractivity contribution in [1.29, 1.82) is 0 Å². The van der Waals surface area contributed by atoms with E-state index in [2.05, 4.69) is 5.10 Å². The molecule has 1 aromatic heterocycles. The highest BCUT2D eigenvalue weighted by Crippen LogP contribution is 2.31. The van der Waals surface area contributed by atoms with E-state index in [1.165, 1.54) is 12.8 Å². The number of para-hydroxylation sites is 1. The van der Waals surface area contributed by atoms with Crippen molar-refractivity contribution in [3.05, 3.63) is 47.8 Å². The maximum atomic E-state index is 13.2. The second-order valence-corrected chi connectivity index (χ2v) is 7.54. The molecule has 5 rings (SSSR count). The molecule has 1 saturated carbocycles. The van der Waals surface area contributed by atoms with Gasteiger partial charge < -0.3 is 14.4 Å². The van der Waals surface area contributed by atoms with Crippen LogP contribution in [0.2, 0.25) is 0 Å². The van der Waals surface area contributed by atoms with Crippen LogP contribution in [0.5, 0.6) is 5.75 Å². The Labute approximate surface area is 152 Å². The highest BCUT2D eigenvalue weighted by Gasteiger charge is 2.35. The Kier molecular flexibility index (Phi) is 3.93. The largest absolute Gasteiger partial charge is 0.480 e. The Hall–Kier alpha value is -2.34. The van der Waals surface area contributed by atoms with Gasteiger partial charge >= 0.3 is 0 Å². The number of hydrogen-bond acceptors (Lipinski definition) is 4. The molecule has 0 saturated heterocycles. The number of hydrogen-bond donors (Lipinski definition) is 0. The van der Waals surface area contributed by atoms with Gasteiger partial charge in [0.15, 0.2) is 6.10 Å². The third-order valence-corrected chi connectivity index (χ3v) is 5.46. The minimum absolute atomic E-state index is 0.0236. The summed E-state index contributed by atoms with van der Waals surface area (Å²) in [5.74, 6) is 1.57. The normalized spacial score (nSPS) is 24.5. The number of amides is 1. The molecular formula is C20H23N3O3. The highest BCUT2D eigenvalue weighted by molar-refractivity contribution is 5.82. The van der Waals surface area contributed by atoms with Gasteiger partial charge in [-0.15, -0.1) is 0 Å². The molecule has 2 atom stereocenters. The van der Waals surface area contributed by atoms with E-state index in [1.54, 1.807) is 6.20 Å². The summed E-state index contributed by atoms with van der Waals surface area (Å²) >= 11 is 0. The summed E-state index contributed by atoms with van der Waals surface area (Å²) in [6, 6.07) is 9.87. The van der Waals surface area contributed by atoms with E-state index >= 15 is 0 Å². The van der Waals surface area contributed by atoms with Crippen LogP contribution in [0.25, 0.3) is 0 Å². The van der Waals surface area contributed by atoms with Crippen LogP contribution in [0.4, 0.5) is 0 Å². The standard InChI is InChI=1S/C20H23N3O3/c24-20(19-9-15-3-1-2-4-18(15)26-19)22-10-16-7-8-21-23(16)12-17(11-22)25-13-14-5-6-14/h1-4,7-8,14,17,19H,5-6,9-13H2/t17-,19-/m0/s1. The van der Waals surface area contributed by atoms with Crippen molar-refractivity contribution in [2.45, 2.75) is 44.6 Å². The monoisotopic (exact) mass is 353 g/mol. The second kappa shape index (κ2) is 6.43. The van der Waals surface area contributed by atoms with Crippen LogP contribution >= 0.6 is 0 Å². The molecule has 0 N–H and O–H groups in total. The number of carbonyl (C=O) groups is 1. The maximum absolute atomic E-state index is 13.2. The lowest BCUT2D eigenvalue weighted by Gasteiger charge is -2.26. The molecule has 0 unspecified atom stereocenters. The molecule has 3 aliphatic rings. The van der Waals surface area contributed by atoms with Gasteiger partial charge in [-0.25, -0.2) is 0 Å². The first-order chi connectivity index (χ1) is 12.8. The van der Waals surface area contributed by atoms with Crippen molar-refractivity contribution in [1.82, 2.24) is 14.7 Å². The molecule has 3 heterocycles. The van der Waals surface area contributed by atoms with Crippen LogP contribution < -0.4 is 4.74 Å². The molecule has 1 aromatic carbocycles. The lowest BCUT2D eigenvalue weighted by molar-refractivity contribution is -0.140. The molecule has 6 nitrogen and oxygen atoms in total. The van der Waals surface area contributed by atoms with Crippen LogP contribution in [0.3, 0.4) is 0 Å². The van der Waals surface area contributed by atoms with Gasteiger partial charge in [-0.05, 0) is 36.5 Å². The van der Waals surface area contributed by atoms with Gasteiger partial charge in [0.25, 0.3) is 5.91 Å². The minimum atomic E-state index is -0.439. The second-order valence-electron chi connectivity index (χ2n) is 7.54. The molecule has 1 amide bonds. The van der Waals surface area contributed by atoms with E-state index in [0.717, 1.165) is 23.6 Å². The molecule has 26 heavy (non-hydrogen) atoms. The Morgan fingerprint density at radius 2 is 2.12 bits per heavy atom. The van der Waals surface area contributed by atoms with Gasteiger partial charge in [0.2, 0.25) is 0 Å². The average molecular weight is 353 g/mol. The fourth-order valence-corrected chi connectivity index (χ4v) is 3.77. The summed E-state index contributed by atoms with van der Waals surface area (Å²) in [7, 11) is 0. The smallest absolute Gasteiger partial charge is 0.264 e. The molecule has 0 bridgehead atoms. The molecule has 2 aromatic rings. The SMILES string of the molecule is O=C([C@@H]1Cc2ccccc2O1)N1Cc2ccnn2C[C@@H](OCC2CC2)C1. The summed E-state index contributed by atoms with van der Waals surface area (Å²) in [5.41, 5.74) is 2.15. The highest BCUT2D eigenvalue weighted by atomic mass is 16.5. The number of aromatic nitrogens is 2. The van der Waals surface area contributed by atoms with E-state index in [9.17, 15) is 4.79 Å². The van der Waals surface area contributed by atoms with Crippen molar-refractivity contribution in [2.75, 3.05) is 13.2 Å². The molecule has 1 fully saturated rings. The van der Waals surface area contributed by atoms with Crippen molar-refractivity contribution in [2.24, 2.45) is 5.92 Å². The summed E-state index contributed by atoms with van der Waals surface area (Å²) in [5, 5.41) is 4.40. The van der Waals surface area contributed by atoms with Crippen molar-refractivity contribution in [3.8, 4) is 5.75 Å². The minimum Gasteiger partial charge on any atom is -0.480 e. The fourth-order valence-electron chi connectivity index (χ4n) is 3.77. The first-order valence-corrected chi connectivity index (χ1v) is 9.42. The third kappa shape index (κ3) is 3.09. The van der Waals surface area contributed by atoms with Crippen LogP contribution in [-0.2, 0) is 29.0 Å². The molecule has 136 valence electrons. The van der Waals surface area contributed by atoms with E-state index in [1.807, 2.05) is 39.9 Å². The van der Waals surface area contributed by atoms with E-state index < -0.39 is 6.10 Å². The zero-order valence-corrected chi connectivity index (χ0v) is 14.7. The van der Waals surface area contributed by atoms with Gasteiger partial charge in [0, 0.05) is 25.8 Å². The van der Waals surface area contributed by atoms with Crippen molar-refractivity contribution < 1.29 is 14.3 Å². The number of fused-ring (bicyclic) bond motifs is 2. The van der Waals surface area contributed by atoms with Crippen LogP contribution in [0.15, 0.2) is 36.5 Å². The topological polar surface area (TPSA) is 56.6 Å². The molecule has 2 aliphatic heterocycles. The van der Waals surface area contributed by atoms with Gasteiger partial charge in [-0.2, -0.15) is 5.10 Å². The van der Waals surface area contributed by atoms with Gasteiger partial charge in [-0.3, -0.25) is 9.48 Å². The van der Waals surface area contributed by atoms with Gasteiger partial charge in [0.1, 0.15) is 5.75 Å². The predicted octanol–water partition coefficient (Wildman–Crippen LogP) is 2.02. The number of nitrogens with zero attached hydrogens (tertiary/aromatic N) is 3. The Morgan fingerprint density at radius 3 is 2.96 bits per heavy atom. The number of rotatable bonds is 4. The Bertz CT molecular complexity index is 789. The third-order valence-electron chi connectivity index (χ3n) is 5.46. The predicted molar refractivity (Wildman–Crippen MR) is 94.7 cm³/mol. The average Bonchev–Trinajstić information content (AvgIpc) is 3.28. The first kappa shape index (κ1) is 15.9.